The summed E-state index contributed by atoms with van der Waals surface area (Å²) in [5.74, 6) is -1.05. The lowest BCUT2D eigenvalue weighted by Gasteiger charge is -1.98. The van der Waals surface area contributed by atoms with Gasteiger partial charge in [0, 0.05) is 16.2 Å². The van der Waals surface area contributed by atoms with Gasteiger partial charge in [0.2, 0.25) is 0 Å². The van der Waals surface area contributed by atoms with E-state index in [9.17, 15) is 9.90 Å². The van der Waals surface area contributed by atoms with Gasteiger partial charge in [-0.05, 0) is 42.8 Å². The average Bonchev–Trinajstić information content (AvgIpc) is 2.82. The van der Waals surface area contributed by atoms with Crippen LogP contribution in [0.1, 0.15) is 16.1 Å². The smallest absolute Gasteiger partial charge is 0.358 e. The van der Waals surface area contributed by atoms with E-state index in [0.29, 0.717) is 21.4 Å². The highest BCUT2D eigenvalue weighted by Crippen LogP contribution is 2.28. The van der Waals surface area contributed by atoms with Crippen LogP contribution in [0.4, 0.5) is 11.5 Å². The van der Waals surface area contributed by atoms with Crippen LogP contribution in [0.5, 0.6) is 0 Å². The maximum atomic E-state index is 11.4. The van der Waals surface area contributed by atoms with Gasteiger partial charge in [0.25, 0.3) is 0 Å². The van der Waals surface area contributed by atoms with E-state index in [-0.39, 0.29) is 11.5 Å². The molecular weight excluding hydrogens is 339 g/mol. The molecule has 0 aliphatic rings. The zero-order chi connectivity index (χ0) is 16.6. The first-order valence-electron chi connectivity index (χ1n) is 6.54. The van der Waals surface area contributed by atoms with Gasteiger partial charge in [-0.1, -0.05) is 23.2 Å². The molecule has 3 rings (SSSR count). The van der Waals surface area contributed by atoms with Crippen molar-refractivity contribution in [2.75, 3.05) is 0 Å². The molecule has 0 spiro atoms. The molecular formula is C15H10Cl2N4O2. The van der Waals surface area contributed by atoms with E-state index in [1.54, 1.807) is 34.9 Å². The first-order chi connectivity index (χ1) is 10.9. The third-order valence-electron chi connectivity index (χ3n) is 3.07. The monoisotopic (exact) mass is 348 g/mol. The highest BCUT2D eigenvalue weighted by molar-refractivity contribution is 6.35. The Balaban J connectivity index is 2.12. The number of azo groups is 1. The summed E-state index contributed by atoms with van der Waals surface area (Å²) in [6.07, 6.45) is 1.70. The molecule has 0 saturated carbocycles. The molecule has 0 fully saturated rings. The second kappa shape index (κ2) is 5.98. The van der Waals surface area contributed by atoms with E-state index in [1.165, 1.54) is 0 Å². The summed E-state index contributed by atoms with van der Waals surface area (Å²) in [6.45, 7) is 1.89. The molecule has 8 heteroatoms. The number of pyridine rings is 1. The Kier molecular flexibility index (Phi) is 4.02. The Hall–Kier alpha value is -2.44. The fraction of sp³-hybridized carbons (Fsp3) is 0.0667. The number of halogens is 2. The molecule has 0 unspecified atom stereocenters. The van der Waals surface area contributed by atoms with E-state index >= 15 is 0 Å². The van der Waals surface area contributed by atoms with Gasteiger partial charge >= 0.3 is 5.97 Å². The summed E-state index contributed by atoms with van der Waals surface area (Å²) >= 11 is 11.8. The number of nitrogens with zero attached hydrogens (tertiary/aromatic N) is 4. The summed E-state index contributed by atoms with van der Waals surface area (Å²) in [6, 6.07) is 8.31. The molecule has 0 bridgehead atoms. The number of rotatable bonds is 3. The Morgan fingerprint density at radius 1 is 1.17 bits per heavy atom. The van der Waals surface area contributed by atoms with Gasteiger partial charge < -0.3 is 5.11 Å². The van der Waals surface area contributed by atoms with Crippen LogP contribution >= 0.6 is 23.2 Å². The lowest BCUT2D eigenvalue weighted by Crippen LogP contribution is -1.96. The Bertz CT molecular complexity index is 930. The van der Waals surface area contributed by atoms with Gasteiger partial charge in [0.05, 0.1) is 5.69 Å². The highest BCUT2D eigenvalue weighted by Gasteiger charge is 2.18. The maximum absolute atomic E-state index is 11.4. The van der Waals surface area contributed by atoms with E-state index in [1.807, 2.05) is 13.0 Å². The van der Waals surface area contributed by atoms with E-state index in [0.717, 1.165) is 5.56 Å². The van der Waals surface area contributed by atoms with Gasteiger partial charge in [-0.15, -0.1) is 10.2 Å². The first-order valence-corrected chi connectivity index (χ1v) is 7.29. The summed E-state index contributed by atoms with van der Waals surface area (Å²) in [7, 11) is 0. The number of aromatic carboxylic acids is 1. The molecule has 116 valence electrons. The number of hydrogen-bond donors (Lipinski definition) is 1. The van der Waals surface area contributed by atoms with Crippen LogP contribution in [0, 0.1) is 6.92 Å². The molecule has 23 heavy (non-hydrogen) atoms. The molecule has 3 aromatic rings. The standard InChI is InChI=1S/C15H10Cl2N4O2/c1-8-2-3-21-12(4-8)18-13(15(22)23)14(21)20-19-11-6-9(16)5-10(17)7-11/h2-7H,1H3,(H,22,23). The largest absolute Gasteiger partial charge is 0.476 e. The van der Waals surface area contributed by atoms with Crippen LogP contribution in [0.3, 0.4) is 0 Å². The van der Waals surface area contributed by atoms with Gasteiger partial charge in [-0.3, -0.25) is 4.40 Å². The van der Waals surface area contributed by atoms with Gasteiger partial charge in [-0.25, -0.2) is 9.78 Å². The van der Waals surface area contributed by atoms with Crippen molar-refractivity contribution in [2.24, 2.45) is 10.2 Å². The van der Waals surface area contributed by atoms with Crippen molar-refractivity contribution in [3.05, 3.63) is 57.8 Å². The predicted octanol–water partition coefficient (Wildman–Crippen LogP) is 5.06. The van der Waals surface area contributed by atoms with Gasteiger partial charge in [0.15, 0.2) is 11.5 Å². The van der Waals surface area contributed by atoms with Crippen molar-refractivity contribution >= 4 is 46.3 Å². The zero-order valence-electron chi connectivity index (χ0n) is 11.9. The van der Waals surface area contributed by atoms with Crippen LogP contribution in [-0.2, 0) is 0 Å². The third-order valence-corrected chi connectivity index (χ3v) is 3.50. The number of carboxylic acids is 1. The van der Waals surface area contributed by atoms with Crippen molar-refractivity contribution in [3.8, 4) is 0 Å². The molecule has 1 aromatic carbocycles. The summed E-state index contributed by atoms with van der Waals surface area (Å²) in [5.41, 5.74) is 1.69. The number of carboxylic acid groups (broad SMARTS) is 1. The van der Waals surface area contributed by atoms with Gasteiger partial charge in [-0.2, -0.15) is 0 Å². The minimum Gasteiger partial charge on any atom is -0.476 e. The van der Waals surface area contributed by atoms with E-state index in [2.05, 4.69) is 15.2 Å². The minimum atomic E-state index is -1.18. The second-order valence-electron chi connectivity index (χ2n) is 4.85. The van der Waals surface area contributed by atoms with Crippen LogP contribution in [0.25, 0.3) is 5.65 Å². The molecule has 2 aromatic heterocycles. The molecule has 0 atom stereocenters. The number of benzene rings is 1. The van der Waals surface area contributed by atoms with E-state index < -0.39 is 5.97 Å². The van der Waals surface area contributed by atoms with Gasteiger partial charge in [0.1, 0.15) is 5.65 Å². The van der Waals surface area contributed by atoms with Crippen LogP contribution in [-0.4, -0.2) is 20.5 Å². The number of carbonyl (C=O) groups is 1. The van der Waals surface area contributed by atoms with Crippen molar-refractivity contribution in [2.45, 2.75) is 6.92 Å². The lowest BCUT2D eigenvalue weighted by molar-refractivity contribution is 0.0692. The molecule has 0 saturated heterocycles. The van der Waals surface area contributed by atoms with Crippen LogP contribution in [0.2, 0.25) is 10.0 Å². The van der Waals surface area contributed by atoms with Crippen molar-refractivity contribution in [1.82, 2.24) is 9.38 Å². The Labute approximate surface area is 141 Å². The number of imidazole rings is 1. The van der Waals surface area contributed by atoms with Crippen molar-refractivity contribution in [1.29, 1.82) is 0 Å². The summed E-state index contributed by atoms with van der Waals surface area (Å²) in [5, 5.41) is 18.2. The highest BCUT2D eigenvalue weighted by atomic mass is 35.5. The first kappa shape index (κ1) is 15.5. The van der Waals surface area contributed by atoms with Crippen LogP contribution < -0.4 is 0 Å². The number of aryl methyl sites for hydroxylation is 1. The normalized spacial score (nSPS) is 11.4. The average molecular weight is 349 g/mol. The SMILES string of the molecule is Cc1ccn2c(N=Nc3cc(Cl)cc(Cl)c3)c(C(=O)O)nc2c1. The Morgan fingerprint density at radius 3 is 2.52 bits per heavy atom. The lowest BCUT2D eigenvalue weighted by atomic mass is 10.3. The molecule has 0 radical (unpaired) electrons. The fourth-order valence-corrected chi connectivity index (χ4v) is 2.59. The third kappa shape index (κ3) is 3.18. The second-order valence-corrected chi connectivity index (χ2v) is 5.72. The summed E-state index contributed by atoms with van der Waals surface area (Å²) in [4.78, 5) is 15.5. The number of hydrogen-bond acceptors (Lipinski definition) is 4. The zero-order valence-corrected chi connectivity index (χ0v) is 13.4. The molecule has 0 amide bonds. The molecule has 2 heterocycles. The fourth-order valence-electron chi connectivity index (χ4n) is 2.07. The quantitative estimate of drug-likeness (QED) is 0.671. The number of fused-ring (bicyclic) bond motifs is 1. The minimum absolute atomic E-state index is 0.128. The maximum Gasteiger partial charge on any atom is 0.358 e. The molecule has 1 N–H and O–H groups in total. The Morgan fingerprint density at radius 2 is 1.87 bits per heavy atom. The topological polar surface area (TPSA) is 79.3 Å². The molecule has 0 aliphatic heterocycles. The molecule has 0 aliphatic carbocycles. The van der Waals surface area contributed by atoms with Crippen molar-refractivity contribution in [3.63, 3.8) is 0 Å². The van der Waals surface area contributed by atoms with Crippen LogP contribution in [0.15, 0.2) is 46.8 Å². The summed E-state index contributed by atoms with van der Waals surface area (Å²) < 4.78 is 1.56. The van der Waals surface area contributed by atoms with Crippen molar-refractivity contribution < 1.29 is 9.90 Å². The number of aromatic nitrogens is 2. The predicted molar refractivity (Wildman–Crippen MR) is 87.5 cm³/mol. The molecule has 6 nitrogen and oxygen atoms in total. The van der Waals surface area contributed by atoms with E-state index in [4.69, 9.17) is 23.2 Å².